The Balaban J connectivity index is 1.91. The summed E-state index contributed by atoms with van der Waals surface area (Å²) < 4.78 is 147. The van der Waals surface area contributed by atoms with Crippen LogP contribution < -0.4 is 0 Å². The zero-order chi connectivity index (χ0) is 23.2. The van der Waals surface area contributed by atoms with E-state index in [-0.39, 0.29) is 35.4 Å². The molecule has 2 aromatic rings. The zero-order valence-corrected chi connectivity index (χ0v) is 16.7. The minimum absolute atomic E-state index is 0.0576. The lowest BCUT2D eigenvalue weighted by Crippen LogP contribution is -2.07. The van der Waals surface area contributed by atoms with Gasteiger partial charge in [0.25, 0.3) is 0 Å². The van der Waals surface area contributed by atoms with Gasteiger partial charge < -0.3 is 0 Å². The van der Waals surface area contributed by atoms with Crippen molar-refractivity contribution in [1.29, 1.82) is 0 Å². The van der Waals surface area contributed by atoms with Gasteiger partial charge in [0, 0.05) is 0 Å². The normalized spacial score (nSPS) is 18.6. The van der Waals surface area contributed by atoms with Crippen LogP contribution in [0.2, 0.25) is 0 Å². The van der Waals surface area contributed by atoms with Crippen LogP contribution in [0.25, 0.3) is 0 Å². The van der Waals surface area contributed by atoms with Crippen molar-refractivity contribution in [3.63, 3.8) is 0 Å². The molecule has 0 spiro atoms. The molecule has 30 heavy (non-hydrogen) atoms. The van der Waals surface area contributed by atoms with Gasteiger partial charge in [0.15, 0.2) is 0 Å². The van der Waals surface area contributed by atoms with E-state index in [0.717, 1.165) is 0 Å². The summed E-state index contributed by atoms with van der Waals surface area (Å²) in [7, 11) is -19.6. The molecular weight excluding hydrogens is 502 g/mol. The Morgan fingerprint density at radius 2 is 0.833 bits per heavy atom. The van der Waals surface area contributed by atoms with Crippen LogP contribution in [-0.4, -0.2) is 4.21 Å². The van der Waals surface area contributed by atoms with E-state index >= 15 is 0 Å². The Kier molecular flexibility index (Phi) is 5.18. The molecule has 0 saturated heterocycles. The fourth-order valence-corrected chi connectivity index (χ4v) is 3.79. The van der Waals surface area contributed by atoms with Crippen molar-refractivity contribution < 1.29 is 51.4 Å². The monoisotopic (exact) mass is 514 g/mol. The van der Waals surface area contributed by atoms with Crippen LogP contribution >= 0.6 is 20.4 Å². The van der Waals surface area contributed by atoms with Gasteiger partial charge in [0.05, 0.1) is 13.2 Å². The molecule has 0 aromatic heterocycles. The molecule has 0 saturated carbocycles. The third kappa shape index (κ3) is 7.33. The highest BCUT2D eigenvalue weighted by molar-refractivity contribution is 8.46. The predicted octanol–water partition coefficient (Wildman–Crippen LogP) is 8.31. The number of hydrogen-bond acceptors (Lipinski definition) is 3. The topological polar surface area (TPSA) is 35.5 Å². The summed E-state index contributed by atoms with van der Waals surface area (Å²) in [6.45, 7) is -1.20. The summed E-state index contributed by atoms with van der Waals surface area (Å²) in [6, 6.07) is 3.20. The Labute approximate surface area is 166 Å². The van der Waals surface area contributed by atoms with Gasteiger partial charge in [-0.3, -0.25) is 8.37 Å². The van der Waals surface area contributed by atoms with Gasteiger partial charge in [-0.05, 0) is 35.4 Å². The quantitative estimate of drug-likeness (QED) is 0.333. The highest BCUT2D eigenvalue weighted by Crippen LogP contribution is 3.02. The number of halogens is 10. The maximum atomic E-state index is 12.6. The van der Waals surface area contributed by atoms with Crippen LogP contribution in [-0.2, 0) is 32.9 Å². The fourth-order valence-electron chi connectivity index (χ4n) is 1.95. The van der Waals surface area contributed by atoms with Crippen molar-refractivity contribution in [2.24, 2.45) is 0 Å². The van der Waals surface area contributed by atoms with Gasteiger partial charge in [-0.15, -0.1) is 0 Å². The summed E-state index contributed by atoms with van der Waals surface area (Å²) in [5, 5.41) is 0. The summed E-state index contributed by atoms with van der Waals surface area (Å²) in [5.74, 6) is 0. The van der Waals surface area contributed by atoms with E-state index in [1.165, 1.54) is 0 Å². The molecule has 174 valence electrons. The van der Waals surface area contributed by atoms with E-state index in [1.807, 2.05) is 0 Å². The van der Waals surface area contributed by atoms with Crippen molar-refractivity contribution in [2.45, 2.75) is 23.0 Å². The number of benzene rings is 2. The SMILES string of the molecule is O=S(OCc1ccc(S(F)(F)(F)(F)F)cc1)OCc1ccc(S(F)(F)(F)(F)F)cc1. The van der Waals surface area contributed by atoms with E-state index in [0.29, 0.717) is 24.3 Å². The molecule has 0 N–H and O–H groups in total. The maximum absolute atomic E-state index is 12.6. The molecule has 0 fully saturated rings. The molecule has 0 unspecified atom stereocenters. The Hall–Kier alpha value is -1.49. The molecule has 0 amide bonds. The average molecular weight is 514 g/mol. The average Bonchev–Trinajstić information content (AvgIpc) is 2.55. The second kappa shape index (κ2) is 6.27. The minimum Gasteiger partial charge on any atom is -0.264 e. The van der Waals surface area contributed by atoms with E-state index in [4.69, 9.17) is 0 Å². The molecule has 3 nitrogen and oxygen atoms in total. The summed E-state index contributed by atoms with van der Waals surface area (Å²) in [4.78, 5) is -4.24. The van der Waals surface area contributed by atoms with Crippen molar-refractivity contribution in [3.8, 4) is 0 Å². The van der Waals surface area contributed by atoms with Gasteiger partial charge in [0.1, 0.15) is 9.79 Å². The van der Waals surface area contributed by atoms with Gasteiger partial charge in [-0.2, -0.15) is 4.21 Å². The van der Waals surface area contributed by atoms with Gasteiger partial charge in [-0.1, -0.05) is 63.1 Å². The highest BCUT2D eigenvalue weighted by atomic mass is 32.5. The molecule has 0 aliphatic rings. The summed E-state index contributed by atoms with van der Waals surface area (Å²) in [5.41, 5.74) is -0.115. The first kappa shape index (κ1) is 24.8. The third-order valence-corrected chi connectivity index (χ3v) is 6.33. The highest BCUT2D eigenvalue weighted by Gasteiger charge is 2.66. The molecular formula is C14H12F10O3S3. The number of hydrogen-bond donors (Lipinski definition) is 0. The minimum atomic E-state index is -9.82. The second-order valence-corrected chi connectivity index (χ2v) is 11.7. The van der Waals surface area contributed by atoms with E-state index < -0.39 is 54.8 Å². The fraction of sp³-hybridized carbons (Fsp3) is 0.143. The molecule has 0 atom stereocenters. The van der Waals surface area contributed by atoms with E-state index in [2.05, 4.69) is 8.37 Å². The van der Waals surface area contributed by atoms with Crippen LogP contribution in [0.1, 0.15) is 11.1 Å². The lowest BCUT2D eigenvalue weighted by molar-refractivity contribution is 0.236. The van der Waals surface area contributed by atoms with Gasteiger partial charge in [0.2, 0.25) is 0 Å². The van der Waals surface area contributed by atoms with Crippen molar-refractivity contribution in [2.75, 3.05) is 0 Å². The summed E-state index contributed by atoms with van der Waals surface area (Å²) >= 11 is -2.53. The largest absolute Gasteiger partial charge is 0.310 e. The Morgan fingerprint density at radius 3 is 1.07 bits per heavy atom. The first-order chi connectivity index (χ1) is 13.0. The molecule has 0 heterocycles. The summed E-state index contributed by atoms with van der Waals surface area (Å²) in [6.07, 6.45) is 0. The molecule has 0 aliphatic carbocycles. The third-order valence-electron chi connectivity index (χ3n) is 3.38. The van der Waals surface area contributed by atoms with Crippen LogP contribution in [0.4, 0.5) is 38.9 Å². The maximum Gasteiger partial charge on any atom is 0.310 e. The first-order valence-corrected chi connectivity index (χ1v) is 12.3. The standard InChI is InChI=1S/C14H12F10O3S3/c15-29(16,17,18,19)13-5-1-11(2-6-13)9-26-28(25)27-10-12-3-7-14(8-4-12)30(20,21,22,23)24/h1-8H,9-10H2. The van der Waals surface area contributed by atoms with Crippen molar-refractivity contribution in [3.05, 3.63) is 59.7 Å². The van der Waals surface area contributed by atoms with Crippen molar-refractivity contribution in [1.82, 2.24) is 0 Å². The number of rotatable bonds is 8. The van der Waals surface area contributed by atoms with Crippen LogP contribution in [0.3, 0.4) is 0 Å². The van der Waals surface area contributed by atoms with Crippen molar-refractivity contribution >= 4 is 31.8 Å². The smallest absolute Gasteiger partial charge is 0.264 e. The first-order valence-electron chi connectivity index (χ1n) is 7.38. The van der Waals surface area contributed by atoms with E-state index in [1.54, 1.807) is 0 Å². The molecule has 2 rings (SSSR count). The Morgan fingerprint density at radius 1 is 0.567 bits per heavy atom. The lowest BCUT2D eigenvalue weighted by atomic mass is 10.2. The van der Waals surface area contributed by atoms with E-state index in [9.17, 15) is 43.1 Å². The molecule has 16 heteroatoms. The lowest BCUT2D eigenvalue weighted by Gasteiger charge is -2.40. The molecule has 2 aromatic carbocycles. The molecule has 0 radical (unpaired) electrons. The Bertz CT molecular complexity index is 875. The zero-order valence-electron chi connectivity index (χ0n) is 14.3. The van der Waals surface area contributed by atoms with Crippen LogP contribution in [0.15, 0.2) is 58.3 Å². The van der Waals surface area contributed by atoms with Gasteiger partial charge in [-0.25, -0.2) is 0 Å². The van der Waals surface area contributed by atoms with Crippen LogP contribution in [0, 0.1) is 0 Å². The molecule has 0 bridgehead atoms. The predicted molar refractivity (Wildman–Crippen MR) is 93.4 cm³/mol. The van der Waals surface area contributed by atoms with Gasteiger partial charge >= 0.3 is 31.8 Å². The second-order valence-electron chi connectivity index (χ2n) is 5.95. The molecule has 0 aliphatic heterocycles. The van der Waals surface area contributed by atoms with Crippen LogP contribution in [0.5, 0.6) is 0 Å².